The lowest BCUT2D eigenvalue weighted by Crippen LogP contribution is -2.16. The Morgan fingerprint density at radius 1 is 1.26 bits per heavy atom. The molecule has 0 aliphatic rings. The van der Waals surface area contributed by atoms with Crippen molar-refractivity contribution in [1.29, 1.82) is 0 Å². The van der Waals surface area contributed by atoms with Gasteiger partial charge in [0.15, 0.2) is 0 Å². The van der Waals surface area contributed by atoms with Crippen molar-refractivity contribution in [2.75, 3.05) is 19.8 Å². The average Bonchev–Trinajstić information content (AvgIpc) is 2.81. The molecular weight excluding hydrogens is 238 g/mol. The van der Waals surface area contributed by atoms with E-state index in [4.69, 9.17) is 9.15 Å². The fourth-order valence-corrected chi connectivity index (χ4v) is 2.01. The van der Waals surface area contributed by atoms with Crippen LogP contribution in [0.5, 0.6) is 0 Å². The predicted octanol–water partition coefficient (Wildman–Crippen LogP) is 3.59. The lowest BCUT2D eigenvalue weighted by atomic mass is 10.2. The number of rotatable bonds is 8. The number of hydrogen-bond donors (Lipinski definition) is 1. The van der Waals surface area contributed by atoms with E-state index < -0.39 is 0 Å². The molecule has 1 heterocycles. The molecule has 0 spiro atoms. The first kappa shape index (κ1) is 14.1. The van der Waals surface area contributed by atoms with Gasteiger partial charge in [-0.1, -0.05) is 32.0 Å². The van der Waals surface area contributed by atoms with E-state index in [1.54, 1.807) is 0 Å². The Balaban J connectivity index is 1.66. The molecular formula is C16H23NO2. The number of benzene rings is 1. The van der Waals surface area contributed by atoms with Gasteiger partial charge in [0.05, 0.1) is 6.26 Å². The van der Waals surface area contributed by atoms with Crippen LogP contribution in [0.25, 0.3) is 11.0 Å². The number of nitrogens with one attached hydrogen (secondary N) is 1. The maximum atomic E-state index is 5.54. The Morgan fingerprint density at radius 3 is 2.95 bits per heavy atom. The molecule has 0 aliphatic carbocycles. The summed E-state index contributed by atoms with van der Waals surface area (Å²) in [5, 5.41) is 4.63. The normalized spacial score (nSPS) is 11.5. The summed E-state index contributed by atoms with van der Waals surface area (Å²) < 4.78 is 11.1. The van der Waals surface area contributed by atoms with Crippen molar-refractivity contribution in [3.8, 4) is 0 Å². The summed E-state index contributed by atoms with van der Waals surface area (Å²) in [6.45, 7) is 7.84. The van der Waals surface area contributed by atoms with Crippen LogP contribution >= 0.6 is 0 Å². The summed E-state index contributed by atoms with van der Waals surface area (Å²) in [4.78, 5) is 0. The van der Waals surface area contributed by atoms with Gasteiger partial charge in [0.1, 0.15) is 5.58 Å². The fourth-order valence-electron chi connectivity index (χ4n) is 2.01. The molecule has 0 bridgehead atoms. The van der Waals surface area contributed by atoms with Crippen LogP contribution in [-0.2, 0) is 11.3 Å². The van der Waals surface area contributed by atoms with Gasteiger partial charge in [0.2, 0.25) is 0 Å². The molecule has 1 N–H and O–H groups in total. The van der Waals surface area contributed by atoms with E-state index in [2.05, 4.69) is 25.2 Å². The molecule has 104 valence electrons. The molecule has 1 aromatic carbocycles. The minimum absolute atomic E-state index is 0.616. The highest BCUT2D eigenvalue weighted by molar-refractivity contribution is 5.80. The predicted molar refractivity (Wildman–Crippen MR) is 78.2 cm³/mol. The van der Waals surface area contributed by atoms with Gasteiger partial charge in [0, 0.05) is 30.7 Å². The van der Waals surface area contributed by atoms with Crippen molar-refractivity contribution in [3.63, 3.8) is 0 Å². The Bertz CT molecular complexity index is 490. The van der Waals surface area contributed by atoms with Crippen LogP contribution in [0.3, 0.4) is 0 Å². The number of furan rings is 1. The maximum absolute atomic E-state index is 5.54. The van der Waals surface area contributed by atoms with Crippen LogP contribution in [0.1, 0.15) is 25.8 Å². The van der Waals surface area contributed by atoms with Crippen LogP contribution in [0.15, 0.2) is 34.9 Å². The summed E-state index contributed by atoms with van der Waals surface area (Å²) in [5.74, 6) is 0.616. The third-order valence-electron chi connectivity index (χ3n) is 2.97. The Labute approximate surface area is 114 Å². The fraction of sp³-hybridized carbons (Fsp3) is 0.500. The van der Waals surface area contributed by atoms with Crippen molar-refractivity contribution in [1.82, 2.24) is 5.32 Å². The van der Waals surface area contributed by atoms with Crippen LogP contribution in [0.4, 0.5) is 0 Å². The maximum Gasteiger partial charge on any atom is 0.134 e. The highest BCUT2D eigenvalue weighted by atomic mass is 16.5. The number of fused-ring (bicyclic) bond motifs is 1. The Hall–Kier alpha value is -1.32. The van der Waals surface area contributed by atoms with Gasteiger partial charge in [-0.25, -0.2) is 0 Å². The minimum atomic E-state index is 0.616. The second-order valence-corrected chi connectivity index (χ2v) is 5.26. The molecule has 3 nitrogen and oxygen atoms in total. The van der Waals surface area contributed by atoms with E-state index in [0.29, 0.717) is 5.92 Å². The quantitative estimate of drug-likeness (QED) is 0.737. The van der Waals surface area contributed by atoms with Crippen LogP contribution in [0.2, 0.25) is 0 Å². The standard InChI is InChI=1S/C16H23NO2/c1-13(2)11-18-9-5-8-17-10-14-12-19-16-7-4-3-6-15(14)16/h3-4,6-7,12-13,17H,5,8-11H2,1-2H3. The molecule has 0 radical (unpaired) electrons. The van der Waals surface area contributed by atoms with Crippen LogP contribution < -0.4 is 5.32 Å². The zero-order valence-corrected chi connectivity index (χ0v) is 11.8. The Kier molecular flexibility index (Phi) is 5.43. The van der Waals surface area contributed by atoms with Crippen LogP contribution in [-0.4, -0.2) is 19.8 Å². The van der Waals surface area contributed by atoms with Crippen LogP contribution in [0, 0.1) is 5.92 Å². The van der Waals surface area contributed by atoms with Crippen molar-refractivity contribution in [2.45, 2.75) is 26.8 Å². The first-order valence-corrected chi connectivity index (χ1v) is 7.01. The van der Waals surface area contributed by atoms with Gasteiger partial charge in [-0.15, -0.1) is 0 Å². The van der Waals surface area contributed by atoms with Gasteiger partial charge in [-0.3, -0.25) is 0 Å². The summed E-state index contributed by atoms with van der Waals surface area (Å²) in [5.41, 5.74) is 2.18. The largest absolute Gasteiger partial charge is 0.464 e. The van der Waals surface area contributed by atoms with Gasteiger partial charge in [-0.2, -0.15) is 0 Å². The second kappa shape index (κ2) is 7.31. The zero-order valence-electron chi connectivity index (χ0n) is 11.8. The molecule has 0 amide bonds. The molecule has 0 aliphatic heterocycles. The number of hydrogen-bond acceptors (Lipinski definition) is 3. The first-order chi connectivity index (χ1) is 9.27. The Morgan fingerprint density at radius 2 is 2.11 bits per heavy atom. The first-order valence-electron chi connectivity index (χ1n) is 7.01. The third-order valence-corrected chi connectivity index (χ3v) is 2.97. The van der Waals surface area contributed by atoms with E-state index >= 15 is 0 Å². The van der Waals surface area contributed by atoms with Crippen molar-refractivity contribution in [2.24, 2.45) is 5.92 Å². The molecule has 0 atom stereocenters. The van der Waals surface area contributed by atoms with E-state index in [9.17, 15) is 0 Å². The molecule has 3 heteroatoms. The number of para-hydroxylation sites is 1. The molecule has 2 rings (SSSR count). The van der Waals surface area contributed by atoms with E-state index in [1.807, 2.05) is 24.5 Å². The molecule has 19 heavy (non-hydrogen) atoms. The van der Waals surface area contributed by atoms with Gasteiger partial charge in [0.25, 0.3) is 0 Å². The SMILES string of the molecule is CC(C)COCCCNCc1coc2ccccc12. The molecule has 2 aromatic rings. The topological polar surface area (TPSA) is 34.4 Å². The lowest BCUT2D eigenvalue weighted by molar-refractivity contribution is 0.108. The van der Waals surface area contributed by atoms with E-state index in [1.165, 1.54) is 10.9 Å². The second-order valence-electron chi connectivity index (χ2n) is 5.26. The molecule has 0 saturated carbocycles. The summed E-state index contributed by atoms with van der Waals surface area (Å²) in [6, 6.07) is 8.14. The highest BCUT2D eigenvalue weighted by Gasteiger charge is 2.03. The minimum Gasteiger partial charge on any atom is -0.464 e. The molecule has 1 aromatic heterocycles. The summed E-state index contributed by atoms with van der Waals surface area (Å²) in [7, 11) is 0. The lowest BCUT2D eigenvalue weighted by Gasteiger charge is -2.07. The van der Waals surface area contributed by atoms with Crippen molar-refractivity contribution >= 4 is 11.0 Å². The summed E-state index contributed by atoms with van der Waals surface area (Å²) in [6.07, 6.45) is 2.88. The number of ether oxygens (including phenoxy) is 1. The highest BCUT2D eigenvalue weighted by Crippen LogP contribution is 2.20. The zero-order chi connectivity index (χ0) is 13.5. The van der Waals surface area contributed by atoms with Gasteiger partial charge >= 0.3 is 0 Å². The average molecular weight is 261 g/mol. The molecule has 0 unspecified atom stereocenters. The molecule has 0 fully saturated rings. The summed E-state index contributed by atoms with van der Waals surface area (Å²) >= 11 is 0. The van der Waals surface area contributed by atoms with Crippen molar-refractivity contribution in [3.05, 3.63) is 36.1 Å². The third kappa shape index (κ3) is 4.37. The molecule has 0 saturated heterocycles. The van der Waals surface area contributed by atoms with Gasteiger partial charge in [-0.05, 0) is 24.9 Å². The van der Waals surface area contributed by atoms with E-state index in [-0.39, 0.29) is 0 Å². The smallest absolute Gasteiger partial charge is 0.134 e. The monoisotopic (exact) mass is 261 g/mol. The van der Waals surface area contributed by atoms with E-state index in [0.717, 1.165) is 38.3 Å². The van der Waals surface area contributed by atoms with Gasteiger partial charge < -0.3 is 14.5 Å². The van der Waals surface area contributed by atoms with Crippen molar-refractivity contribution < 1.29 is 9.15 Å².